The van der Waals surface area contributed by atoms with Crippen molar-refractivity contribution < 1.29 is 29.2 Å². The first-order valence-electron chi connectivity index (χ1n) is 9.68. The highest BCUT2D eigenvalue weighted by Crippen LogP contribution is 2.42. The largest absolute Gasteiger partial charge is 0.507 e. The first kappa shape index (κ1) is 23.6. The Kier molecular flexibility index (Phi) is 8.32. The summed E-state index contributed by atoms with van der Waals surface area (Å²) in [7, 11) is 4.48. The Labute approximate surface area is 182 Å². The molecule has 164 valence electrons. The minimum Gasteiger partial charge on any atom is -0.507 e. The second kappa shape index (κ2) is 10.9. The van der Waals surface area contributed by atoms with Gasteiger partial charge in [-0.25, -0.2) is 0 Å². The number of carbonyl (C=O) groups is 1. The number of allylic oxidation sites excluding steroid dienone is 4. The van der Waals surface area contributed by atoms with Gasteiger partial charge in [0.15, 0.2) is 5.78 Å². The fourth-order valence-electron chi connectivity index (χ4n) is 2.91. The van der Waals surface area contributed by atoms with Crippen molar-refractivity contribution in [2.75, 3.05) is 21.3 Å². The molecule has 2 aromatic carbocycles. The number of aromatic hydroxyl groups is 1. The zero-order valence-electron chi connectivity index (χ0n) is 18.4. The molecule has 0 aromatic heterocycles. The number of hydrogen-bond donors (Lipinski definition) is 2. The number of methoxy groups -OCH3 is 3. The van der Waals surface area contributed by atoms with Gasteiger partial charge < -0.3 is 24.4 Å². The first-order valence-corrected chi connectivity index (χ1v) is 9.68. The molecule has 0 aliphatic rings. The molecule has 0 bridgehead atoms. The summed E-state index contributed by atoms with van der Waals surface area (Å²) >= 11 is 0. The lowest BCUT2D eigenvalue weighted by Gasteiger charge is -2.16. The molecular formula is C25H28O6. The Morgan fingerprint density at radius 1 is 1.00 bits per heavy atom. The lowest BCUT2D eigenvalue weighted by molar-refractivity contribution is -0.110. The van der Waals surface area contributed by atoms with E-state index in [9.17, 15) is 15.0 Å². The van der Waals surface area contributed by atoms with Crippen molar-refractivity contribution in [1.29, 1.82) is 0 Å². The molecule has 0 fully saturated rings. The first-order chi connectivity index (χ1) is 14.8. The number of ether oxygens (including phenoxy) is 3. The van der Waals surface area contributed by atoms with Crippen LogP contribution in [-0.4, -0.2) is 37.3 Å². The molecule has 2 rings (SSSR count). The van der Waals surface area contributed by atoms with Crippen LogP contribution in [0.2, 0.25) is 0 Å². The van der Waals surface area contributed by atoms with Crippen molar-refractivity contribution in [3.8, 4) is 23.0 Å². The van der Waals surface area contributed by atoms with E-state index in [1.165, 1.54) is 20.3 Å². The van der Waals surface area contributed by atoms with Gasteiger partial charge in [0.25, 0.3) is 0 Å². The summed E-state index contributed by atoms with van der Waals surface area (Å²) in [5.74, 6) is 0.280. The number of ketones is 1. The van der Waals surface area contributed by atoms with E-state index in [1.807, 2.05) is 19.9 Å². The van der Waals surface area contributed by atoms with Gasteiger partial charge in [-0.3, -0.25) is 4.79 Å². The molecule has 0 aliphatic carbocycles. The van der Waals surface area contributed by atoms with E-state index in [0.717, 1.165) is 17.2 Å². The topological polar surface area (TPSA) is 85.2 Å². The van der Waals surface area contributed by atoms with Crippen LogP contribution in [0.5, 0.6) is 23.0 Å². The van der Waals surface area contributed by atoms with Gasteiger partial charge in [-0.1, -0.05) is 29.9 Å². The van der Waals surface area contributed by atoms with Gasteiger partial charge in [0.05, 0.1) is 21.3 Å². The van der Waals surface area contributed by atoms with Gasteiger partial charge in [-0.05, 0) is 44.0 Å². The molecular weight excluding hydrogens is 396 g/mol. The number of hydrogen-bond acceptors (Lipinski definition) is 6. The van der Waals surface area contributed by atoms with Crippen LogP contribution in [0.4, 0.5) is 0 Å². The van der Waals surface area contributed by atoms with Crippen LogP contribution in [0.3, 0.4) is 0 Å². The molecule has 2 N–H and O–H groups in total. The zero-order valence-corrected chi connectivity index (χ0v) is 18.4. The minimum absolute atomic E-state index is 0.0339. The second-order valence-corrected chi connectivity index (χ2v) is 7.01. The van der Waals surface area contributed by atoms with Gasteiger partial charge in [-0.15, -0.1) is 0 Å². The van der Waals surface area contributed by atoms with E-state index in [2.05, 4.69) is 0 Å². The molecule has 0 saturated carbocycles. The average Bonchev–Trinajstić information content (AvgIpc) is 2.76. The van der Waals surface area contributed by atoms with Gasteiger partial charge in [0.1, 0.15) is 34.3 Å². The van der Waals surface area contributed by atoms with Gasteiger partial charge in [-0.2, -0.15) is 0 Å². The Morgan fingerprint density at radius 2 is 1.65 bits per heavy atom. The number of phenols is 1. The highest BCUT2D eigenvalue weighted by atomic mass is 16.5. The van der Waals surface area contributed by atoms with Crippen LogP contribution in [0.25, 0.3) is 11.8 Å². The highest BCUT2D eigenvalue weighted by Gasteiger charge is 2.21. The normalized spacial score (nSPS) is 11.3. The maximum Gasteiger partial charge on any atom is 0.182 e. The third kappa shape index (κ3) is 6.15. The van der Waals surface area contributed by atoms with E-state index in [1.54, 1.807) is 43.5 Å². The summed E-state index contributed by atoms with van der Waals surface area (Å²) in [5.41, 5.74) is 2.39. The van der Waals surface area contributed by atoms with Crippen LogP contribution < -0.4 is 14.2 Å². The van der Waals surface area contributed by atoms with E-state index < -0.39 is 11.5 Å². The van der Waals surface area contributed by atoms with Crippen LogP contribution >= 0.6 is 0 Å². The van der Waals surface area contributed by atoms with E-state index >= 15 is 0 Å². The van der Waals surface area contributed by atoms with E-state index in [4.69, 9.17) is 14.2 Å². The molecule has 0 radical (unpaired) electrons. The molecule has 0 spiro atoms. The number of carbonyl (C=O) groups excluding carboxylic acids is 1. The van der Waals surface area contributed by atoms with E-state index in [-0.39, 0.29) is 17.1 Å². The standard InChI is InChI=1S/C25H28O6/c1-16(2)6-13-20-22(30-4)15-23(31-5)24(25(20)28)21(27)14-18(26)10-7-17-8-11-19(29-3)12-9-17/h6-12,14-15,27-28H,13H2,1-5H3/b10-7+,21-14-. The Morgan fingerprint density at radius 3 is 2.19 bits per heavy atom. The second-order valence-electron chi connectivity index (χ2n) is 7.01. The maximum absolute atomic E-state index is 12.4. The summed E-state index contributed by atoms with van der Waals surface area (Å²) in [5, 5.41) is 21.4. The molecule has 0 aliphatic heterocycles. The third-order valence-electron chi connectivity index (χ3n) is 4.57. The summed E-state index contributed by atoms with van der Waals surface area (Å²) in [4.78, 5) is 12.4. The van der Waals surface area contributed by atoms with Gasteiger partial charge in [0, 0.05) is 17.7 Å². The summed E-state index contributed by atoms with van der Waals surface area (Å²) in [6.45, 7) is 3.89. The average molecular weight is 424 g/mol. The summed E-state index contributed by atoms with van der Waals surface area (Å²) in [6, 6.07) is 8.75. The smallest absolute Gasteiger partial charge is 0.182 e. The van der Waals surface area contributed by atoms with Crippen molar-refractivity contribution in [2.24, 2.45) is 0 Å². The Hall–Kier alpha value is -3.67. The number of rotatable bonds is 9. The molecule has 0 saturated heterocycles. The van der Waals surface area contributed by atoms with Crippen molar-refractivity contribution >= 4 is 17.6 Å². The van der Waals surface area contributed by atoms with E-state index in [0.29, 0.717) is 23.5 Å². The van der Waals surface area contributed by atoms with Crippen molar-refractivity contribution in [3.05, 3.63) is 70.8 Å². The zero-order chi connectivity index (χ0) is 23.0. The molecule has 2 aromatic rings. The molecule has 31 heavy (non-hydrogen) atoms. The minimum atomic E-state index is -0.448. The molecule has 6 heteroatoms. The SMILES string of the molecule is COc1ccc(/C=C/C(=O)/C=C(\O)c2c(OC)cc(OC)c(CC=C(C)C)c2O)cc1. The molecule has 6 nitrogen and oxygen atoms in total. The summed E-state index contributed by atoms with van der Waals surface area (Å²) in [6.07, 6.45) is 6.31. The predicted molar refractivity (Wildman–Crippen MR) is 122 cm³/mol. The van der Waals surface area contributed by atoms with Crippen LogP contribution in [0, 0.1) is 0 Å². The highest BCUT2D eigenvalue weighted by molar-refractivity contribution is 6.06. The van der Waals surface area contributed by atoms with Crippen LogP contribution in [0.15, 0.2) is 54.1 Å². The number of aliphatic hydroxyl groups excluding tert-OH is 1. The van der Waals surface area contributed by atoms with Gasteiger partial charge in [0.2, 0.25) is 0 Å². The maximum atomic E-state index is 12.4. The molecule has 0 heterocycles. The number of aliphatic hydroxyl groups is 1. The Bertz CT molecular complexity index is 1010. The van der Waals surface area contributed by atoms with Crippen molar-refractivity contribution in [3.63, 3.8) is 0 Å². The van der Waals surface area contributed by atoms with Crippen molar-refractivity contribution in [1.82, 2.24) is 0 Å². The summed E-state index contributed by atoms with van der Waals surface area (Å²) < 4.78 is 15.8. The van der Waals surface area contributed by atoms with Crippen molar-refractivity contribution in [2.45, 2.75) is 20.3 Å². The molecule has 0 unspecified atom stereocenters. The lowest BCUT2D eigenvalue weighted by atomic mass is 10.0. The Balaban J connectivity index is 2.38. The third-order valence-corrected chi connectivity index (χ3v) is 4.57. The monoisotopic (exact) mass is 424 g/mol. The number of phenolic OH excluding ortho intramolecular Hbond substituents is 1. The fourth-order valence-corrected chi connectivity index (χ4v) is 2.91. The quantitative estimate of drug-likeness (QED) is 0.331. The van der Waals surface area contributed by atoms with Crippen LogP contribution in [0.1, 0.15) is 30.5 Å². The lowest BCUT2D eigenvalue weighted by Crippen LogP contribution is -2.00. The molecule has 0 amide bonds. The van der Waals surface area contributed by atoms with Gasteiger partial charge >= 0.3 is 0 Å². The number of benzene rings is 2. The fraction of sp³-hybridized carbons (Fsp3) is 0.240. The molecule has 0 atom stereocenters. The van der Waals surface area contributed by atoms with Crippen LogP contribution in [-0.2, 0) is 11.2 Å². The predicted octanol–water partition coefficient (Wildman–Crippen LogP) is 5.11.